The molecule has 0 radical (unpaired) electrons. The van der Waals surface area contributed by atoms with E-state index in [9.17, 15) is 0 Å². The minimum absolute atomic E-state index is 0.556. The molecule has 1 heterocycles. The Labute approximate surface area is 63.4 Å². The molecule has 60 valence electrons. The van der Waals surface area contributed by atoms with E-state index in [1.807, 2.05) is 7.05 Å². The van der Waals surface area contributed by atoms with Crippen LogP contribution in [0.25, 0.3) is 0 Å². The third kappa shape index (κ3) is 1.96. The average molecular weight is 142 g/mol. The summed E-state index contributed by atoms with van der Waals surface area (Å²) < 4.78 is 0. The zero-order valence-corrected chi connectivity index (χ0v) is 7.04. The van der Waals surface area contributed by atoms with Crippen LogP contribution in [0.1, 0.15) is 19.8 Å². The molecule has 0 amide bonds. The van der Waals surface area contributed by atoms with Gasteiger partial charge in [0, 0.05) is 6.54 Å². The maximum absolute atomic E-state index is 3.37. The lowest BCUT2D eigenvalue weighted by Crippen LogP contribution is -2.40. The van der Waals surface area contributed by atoms with Gasteiger partial charge in [-0.05, 0) is 38.4 Å². The third-order valence-electron chi connectivity index (χ3n) is 2.41. The number of rotatable bonds is 2. The molecule has 2 N–H and O–H groups in total. The normalized spacial score (nSPS) is 24.6. The summed E-state index contributed by atoms with van der Waals surface area (Å²) in [6.45, 7) is 5.91. The van der Waals surface area contributed by atoms with Gasteiger partial charge in [0.05, 0.1) is 0 Å². The van der Waals surface area contributed by atoms with E-state index in [0.29, 0.717) is 5.41 Å². The first-order chi connectivity index (χ1) is 4.77. The smallest absolute Gasteiger partial charge is 0.000311 e. The van der Waals surface area contributed by atoms with Gasteiger partial charge in [0.15, 0.2) is 0 Å². The second-order valence-electron chi connectivity index (χ2n) is 3.59. The van der Waals surface area contributed by atoms with E-state index >= 15 is 0 Å². The number of hydrogen-bond donors (Lipinski definition) is 2. The Morgan fingerprint density at radius 2 is 2.00 bits per heavy atom. The van der Waals surface area contributed by atoms with Crippen LogP contribution in [0.4, 0.5) is 0 Å². The second kappa shape index (κ2) is 3.35. The van der Waals surface area contributed by atoms with E-state index in [0.717, 1.165) is 6.54 Å². The highest BCUT2D eigenvalue weighted by atomic mass is 14.9. The summed E-state index contributed by atoms with van der Waals surface area (Å²) in [5, 5.41) is 6.62. The van der Waals surface area contributed by atoms with Crippen LogP contribution in [0.15, 0.2) is 0 Å². The first-order valence-electron chi connectivity index (χ1n) is 4.12. The summed E-state index contributed by atoms with van der Waals surface area (Å²) in [4.78, 5) is 0. The number of piperidine rings is 1. The summed E-state index contributed by atoms with van der Waals surface area (Å²) in [5.74, 6) is 0. The third-order valence-corrected chi connectivity index (χ3v) is 2.41. The van der Waals surface area contributed by atoms with Crippen molar-refractivity contribution in [1.29, 1.82) is 0 Å². The SMILES string of the molecule is CNCC1(C)CCNCC1. The van der Waals surface area contributed by atoms with Gasteiger partial charge in [0.25, 0.3) is 0 Å². The second-order valence-corrected chi connectivity index (χ2v) is 3.59. The van der Waals surface area contributed by atoms with Gasteiger partial charge in [0.2, 0.25) is 0 Å². The maximum atomic E-state index is 3.37. The van der Waals surface area contributed by atoms with Crippen LogP contribution < -0.4 is 10.6 Å². The molecule has 0 unspecified atom stereocenters. The van der Waals surface area contributed by atoms with E-state index in [-0.39, 0.29) is 0 Å². The Morgan fingerprint density at radius 3 is 2.50 bits per heavy atom. The topological polar surface area (TPSA) is 24.1 Å². The van der Waals surface area contributed by atoms with Crippen molar-refractivity contribution < 1.29 is 0 Å². The molecule has 1 aliphatic rings. The van der Waals surface area contributed by atoms with Crippen molar-refractivity contribution in [2.75, 3.05) is 26.7 Å². The van der Waals surface area contributed by atoms with Gasteiger partial charge in [-0.1, -0.05) is 6.92 Å². The Kier molecular flexibility index (Phi) is 2.69. The molecule has 2 nitrogen and oxygen atoms in total. The van der Waals surface area contributed by atoms with Crippen LogP contribution in [-0.4, -0.2) is 26.7 Å². The Bertz CT molecular complexity index is 89.9. The summed E-state index contributed by atoms with van der Waals surface area (Å²) in [6, 6.07) is 0. The first-order valence-corrected chi connectivity index (χ1v) is 4.12. The van der Waals surface area contributed by atoms with Gasteiger partial charge < -0.3 is 10.6 Å². The summed E-state index contributed by atoms with van der Waals surface area (Å²) in [6.07, 6.45) is 2.63. The molecular weight excluding hydrogens is 124 g/mol. The lowest BCUT2D eigenvalue weighted by Gasteiger charge is -2.33. The fourth-order valence-electron chi connectivity index (χ4n) is 1.63. The summed E-state index contributed by atoms with van der Waals surface area (Å²) >= 11 is 0. The predicted octanol–water partition coefficient (Wildman–Crippen LogP) is 0.595. The highest BCUT2D eigenvalue weighted by Crippen LogP contribution is 2.26. The van der Waals surface area contributed by atoms with Gasteiger partial charge >= 0.3 is 0 Å². The van der Waals surface area contributed by atoms with Gasteiger partial charge in [-0.15, -0.1) is 0 Å². The van der Waals surface area contributed by atoms with E-state index in [1.54, 1.807) is 0 Å². The fraction of sp³-hybridized carbons (Fsp3) is 1.00. The zero-order valence-electron chi connectivity index (χ0n) is 7.04. The van der Waals surface area contributed by atoms with Crippen molar-refractivity contribution in [3.05, 3.63) is 0 Å². The van der Waals surface area contributed by atoms with Crippen molar-refractivity contribution in [3.63, 3.8) is 0 Å². The Morgan fingerprint density at radius 1 is 1.40 bits per heavy atom. The fourth-order valence-corrected chi connectivity index (χ4v) is 1.63. The van der Waals surface area contributed by atoms with Crippen LogP contribution >= 0.6 is 0 Å². The summed E-state index contributed by atoms with van der Waals surface area (Å²) in [5.41, 5.74) is 0.556. The predicted molar refractivity (Wildman–Crippen MR) is 44.1 cm³/mol. The highest BCUT2D eigenvalue weighted by Gasteiger charge is 2.25. The molecule has 0 atom stereocenters. The van der Waals surface area contributed by atoms with Crippen LogP contribution in [0.5, 0.6) is 0 Å². The average Bonchev–Trinajstić information content (AvgIpc) is 1.89. The van der Waals surface area contributed by atoms with Crippen molar-refractivity contribution in [3.8, 4) is 0 Å². The van der Waals surface area contributed by atoms with Crippen LogP contribution in [-0.2, 0) is 0 Å². The highest BCUT2D eigenvalue weighted by molar-refractivity contribution is 4.81. The minimum atomic E-state index is 0.556. The standard InChI is InChI=1S/C8H18N2/c1-8(7-9-2)3-5-10-6-4-8/h9-10H,3-7H2,1-2H3. The molecule has 0 saturated carbocycles. The molecule has 1 fully saturated rings. The zero-order chi connectivity index (χ0) is 7.45. The number of nitrogens with one attached hydrogen (secondary N) is 2. The molecule has 1 aliphatic heterocycles. The molecule has 0 aromatic carbocycles. The van der Waals surface area contributed by atoms with Crippen LogP contribution in [0.3, 0.4) is 0 Å². The van der Waals surface area contributed by atoms with Gasteiger partial charge in [-0.3, -0.25) is 0 Å². The molecule has 1 rings (SSSR count). The molecule has 1 saturated heterocycles. The van der Waals surface area contributed by atoms with E-state index < -0.39 is 0 Å². The maximum Gasteiger partial charge on any atom is 0.000311 e. The van der Waals surface area contributed by atoms with Crippen molar-refractivity contribution in [2.24, 2.45) is 5.41 Å². The van der Waals surface area contributed by atoms with Crippen molar-refractivity contribution in [2.45, 2.75) is 19.8 Å². The molecular formula is C8H18N2. The quantitative estimate of drug-likeness (QED) is 0.590. The van der Waals surface area contributed by atoms with Crippen molar-refractivity contribution in [1.82, 2.24) is 10.6 Å². The minimum Gasteiger partial charge on any atom is -0.319 e. The molecule has 10 heavy (non-hydrogen) atoms. The van der Waals surface area contributed by atoms with Gasteiger partial charge in [0.1, 0.15) is 0 Å². The molecule has 0 bridgehead atoms. The first kappa shape index (κ1) is 8.02. The molecule has 0 aliphatic carbocycles. The van der Waals surface area contributed by atoms with E-state index in [4.69, 9.17) is 0 Å². The molecule has 0 aromatic heterocycles. The van der Waals surface area contributed by atoms with Crippen LogP contribution in [0.2, 0.25) is 0 Å². The molecule has 2 heteroatoms. The largest absolute Gasteiger partial charge is 0.319 e. The Balaban J connectivity index is 2.32. The van der Waals surface area contributed by atoms with E-state index in [1.165, 1.54) is 25.9 Å². The lowest BCUT2D eigenvalue weighted by atomic mass is 9.81. The number of hydrogen-bond acceptors (Lipinski definition) is 2. The Hall–Kier alpha value is -0.0800. The monoisotopic (exact) mass is 142 g/mol. The molecule has 0 spiro atoms. The summed E-state index contributed by atoms with van der Waals surface area (Å²) in [7, 11) is 2.04. The van der Waals surface area contributed by atoms with Gasteiger partial charge in [-0.25, -0.2) is 0 Å². The molecule has 0 aromatic rings. The van der Waals surface area contributed by atoms with Crippen LogP contribution in [0, 0.1) is 5.41 Å². The lowest BCUT2D eigenvalue weighted by molar-refractivity contribution is 0.226. The van der Waals surface area contributed by atoms with E-state index in [2.05, 4.69) is 17.6 Å². The van der Waals surface area contributed by atoms with Crippen molar-refractivity contribution >= 4 is 0 Å². The van der Waals surface area contributed by atoms with Gasteiger partial charge in [-0.2, -0.15) is 0 Å².